The molecule has 1 saturated heterocycles. The van der Waals surface area contributed by atoms with Crippen LogP contribution in [0.4, 0.5) is 0 Å². The highest BCUT2D eigenvalue weighted by Gasteiger charge is 2.31. The van der Waals surface area contributed by atoms with Gasteiger partial charge in [0.15, 0.2) is 0 Å². The van der Waals surface area contributed by atoms with E-state index in [4.69, 9.17) is 4.42 Å². The van der Waals surface area contributed by atoms with Crippen molar-refractivity contribution in [2.45, 2.75) is 31.7 Å². The number of hydrogen-bond donors (Lipinski definition) is 1. The van der Waals surface area contributed by atoms with Crippen LogP contribution in [0, 0.1) is 0 Å². The van der Waals surface area contributed by atoms with Gasteiger partial charge in [0.2, 0.25) is 0 Å². The van der Waals surface area contributed by atoms with Crippen LogP contribution in [0.1, 0.15) is 47.8 Å². The Balaban J connectivity index is 1.74. The van der Waals surface area contributed by atoms with Crippen molar-refractivity contribution in [1.82, 2.24) is 24.5 Å². The zero-order valence-corrected chi connectivity index (χ0v) is 13.0. The first kappa shape index (κ1) is 14.7. The molecule has 3 aromatic rings. The molecule has 0 aliphatic carbocycles. The van der Waals surface area contributed by atoms with Crippen molar-refractivity contribution in [3.8, 4) is 0 Å². The smallest absolute Gasteiger partial charge is 0.286 e. The Morgan fingerprint density at radius 3 is 3.04 bits per heavy atom. The SMILES string of the molecule is O=C(c1cnc2nc[nH]n2c1=O)N1CCCCC[C@@H]1c1ccco1. The lowest BCUT2D eigenvalue weighted by Gasteiger charge is -2.28. The molecule has 0 spiro atoms. The molecule has 4 rings (SSSR count). The predicted molar refractivity (Wildman–Crippen MR) is 84.6 cm³/mol. The number of nitrogens with one attached hydrogen (secondary N) is 1. The van der Waals surface area contributed by atoms with E-state index in [1.807, 2.05) is 12.1 Å². The van der Waals surface area contributed by atoms with Crippen LogP contribution in [0.3, 0.4) is 0 Å². The van der Waals surface area contributed by atoms with Crippen LogP contribution in [0.25, 0.3) is 5.78 Å². The maximum absolute atomic E-state index is 13.0. The summed E-state index contributed by atoms with van der Waals surface area (Å²) in [6.07, 6.45) is 8.09. The van der Waals surface area contributed by atoms with Crippen molar-refractivity contribution in [3.63, 3.8) is 0 Å². The molecule has 0 unspecified atom stereocenters. The summed E-state index contributed by atoms with van der Waals surface area (Å²) < 4.78 is 6.70. The normalized spacial score (nSPS) is 18.7. The zero-order chi connectivity index (χ0) is 16.5. The average molecular weight is 327 g/mol. The maximum atomic E-state index is 13.0. The summed E-state index contributed by atoms with van der Waals surface area (Å²) in [5, 5.41) is 2.68. The third-order valence-corrected chi connectivity index (χ3v) is 4.43. The van der Waals surface area contributed by atoms with Crippen LogP contribution in [-0.2, 0) is 0 Å². The third-order valence-electron chi connectivity index (χ3n) is 4.43. The number of aromatic nitrogens is 4. The van der Waals surface area contributed by atoms with Gasteiger partial charge in [-0.2, -0.15) is 4.52 Å². The molecule has 0 bridgehead atoms. The molecule has 124 valence electrons. The molecule has 1 amide bonds. The zero-order valence-electron chi connectivity index (χ0n) is 13.0. The van der Waals surface area contributed by atoms with Gasteiger partial charge in [0.1, 0.15) is 17.7 Å². The number of H-pyrrole nitrogens is 1. The number of fused-ring (bicyclic) bond motifs is 1. The highest BCUT2D eigenvalue weighted by Crippen LogP contribution is 2.31. The summed E-state index contributed by atoms with van der Waals surface area (Å²) in [7, 11) is 0. The van der Waals surface area contributed by atoms with Crippen molar-refractivity contribution >= 4 is 11.7 Å². The van der Waals surface area contributed by atoms with Crippen LogP contribution in [0.2, 0.25) is 0 Å². The van der Waals surface area contributed by atoms with Crippen LogP contribution >= 0.6 is 0 Å². The molecule has 4 heterocycles. The van der Waals surface area contributed by atoms with E-state index >= 15 is 0 Å². The molecule has 0 radical (unpaired) electrons. The highest BCUT2D eigenvalue weighted by atomic mass is 16.3. The first-order valence-electron chi connectivity index (χ1n) is 8.01. The number of likely N-dealkylation sites (tertiary alicyclic amines) is 1. The number of carbonyl (C=O) groups is 1. The first-order chi connectivity index (χ1) is 11.8. The van der Waals surface area contributed by atoms with Gasteiger partial charge in [-0.15, -0.1) is 0 Å². The lowest BCUT2D eigenvalue weighted by atomic mass is 10.1. The van der Waals surface area contributed by atoms with E-state index < -0.39 is 5.56 Å². The minimum Gasteiger partial charge on any atom is -0.467 e. The average Bonchev–Trinajstić information content (AvgIpc) is 3.23. The standard InChI is InChI=1S/C16H17N5O3/c22-14(11-9-17-16-18-10-19-21(16)15(11)23)20-7-3-1-2-5-12(20)13-6-4-8-24-13/h4,6,8-10,12H,1-3,5,7H2,(H,17,18,19)/t12-/m1/s1. The monoisotopic (exact) mass is 327 g/mol. The Labute approximate surface area is 137 Å². The topological polar surface area (TPSA) is 96.5 Å². The molecule has 1 aliphatic rings. The van der Waals surface area contributed by atoms with Gasteiger partial charge in [-0.3, -0.25) is 14.7 Å². The number of carbonyl (C=O) groups excluding carboxylic acids is 1. The van der Waals surface area contributed by atoms with E-state index in [1.165, 1.54) is 17.0 Å². The molecule has 3 aromatic heterocycles. The van der Waals surface area contributed by atoms with Crippen LogP contribution < -0.4 is 5.56 Å². The second kappa shape index (κ2) is 5.95. The van der Waals surface area contributed by atoms with Crippen molar-refractivity contribution in [1.29, 1.82) is 0 Å². The summed E-state index contributed by atoms with van der Waals surface area (Å²) >= 11 is 0. The van der Waals surface area contributed by atoms with E-state index in [0.717, 1.165) is 31.4 Å². The second-order valence-corrected chi connectivity index (χ2v) is 5.88. The molecule has 0 saturated carbocycles. The number of aromatic amines is 1. The Kier molecular flexibility index (Phi) is 3.64. The third kappa shape index (κ3) is 2.40. The lowest BCUT2D eigenvalue weighted by Crippen LogP contribution is -2.38. The van der Waals surface area contributed by atoms with Crippen molar-refractivity contribution in [3.05, 3.63) is 52.6 Å². The minimum atomic E-state index is -0.440. The summed E-state index contributed by atoms with van der Waals surface area (Å²) in [6, 6.07) is 3.53. The lowest BCUT2D eigenvalue weighted by molar-refractivity contribution is 0.0656. The van der Waals surface area contributed by atoms with E-state index in [9.17, 15) is 9.59 Å². The van der Waals surface area contributed by atoms with Gasteiger partial charge in [0.25, 0.3) is 17.2 Å². The largest absolute Gasteiger partial charge is 0.467 e. The number of hydrogen-bond acceptors (Lipinski definition) is 5. The Morgan fingerprint density at radius 1 is 1.29 bits per heavy atom. The molecule has 1 N–H and O–H groups in total. The van der Waals surface area contributed by atoms with Gasteiger partial charge >= 0.3 is 0 Å². The summed E-state index contributed by atoms with van der Waals surface area (Å²) in [5.74, 6) is 0.677. The van der Waals surface area contributed by atoms with E-state index in [1.54, 1.807) is 11.2 Å². The highest BCUT2D eigenvalue weighted by molar-refractivity contribution is 5.94. The first-order valence-corrected chi connectivity index (χ1v) is 8.01. The molecule has 8 heteroatoms. The van der Waals surface area contributed by atoms with Gasteiger partial charge in [-0.05, 0) is 25.0 Å². The number of amides is 1. The van der Waals surface area contributed by atoms with Gasteiger partial charge < -0.3 is 9.32 Å². The molecule has 1 atom stereocenters. The maximum Gasteiger partial charge on any atom is 0.286 e. The summed E-state index contributed by atoms with van der Waals surface area (Å²) in [5.41, 5.74) is -0.403. The van der Waals surface area contributed by atoms with Crippen molar-refractivity contribution in [2.24, 2.45) is 0 Å². The quantitative estimate of drug-likeness (QED) is 0.774. The van der Waals surface area contributed by atoms with Crippen LogP contribution in [0.5, 0.6) is 0 Å². The van der Waals surface area contributed by atoms with E-state index in [2.05, 4.69) is 15.1 Å². The van der Waals surface area contributed by atoms with E-state index in [-0.39, 0.29) is 23.3 Å². The second-order valence-electron chi connectivity index (χ2n) is 5.88. The fourth-order valence-corrected chi connectivity index (χ4v) is 3.23. The number of nitrogens with zero attached hydrogens (tertiary/aromatic N) is 4. The summed E-state index contributed by atoms with van der Waals surface area (Å²) in [4.78, 5) is 35.3. The molecule has 1 aliphatic heterocycles. The van der Waals surface area contributed by atoms with Gasteiger partial charge in [0.05, 0.1) is 12.3 Å². The molecular formula is C16H17N5O3. The van der Waals surface area contributed by atoms with E-state index in [0.29, 0.717) is 6.54 Å². The Hall–Kier alpha value is -2.90. The molecule has 0 aromatic carbocycles. The fourth-order valence-electron chi connectivity index (χ4n) is 3.23. The molecule has 1 fully saturated rings. The Morgan fingerprint density at radius 2 is 2.21 bits per heavy atom. The van der Waals surface area contributed by atoms with Gasteiger partial charge in [0, 0.05) is 12.7 Å². The van der Waals surface area contributed by atoms with Gasteiger partial charge in [-0.1, -0.05) is 12.8 Å². The van der Waals surface area contributed by atoms with Crippen molar-refractivity contribution < 1.29 is 9.21 Å². The minimum absolute atomic E-state index is 0.0372. The molecule has 8 nitrogen and oxygen atoms in total. The van der Waals surface area contributed by atoms with Crippen LogP contribution in [-0.4, -0.2) is 36.9 Å². The fraction of sp³-hybridized carbons (Fsp3) is 0.375. The van der Waals surface area contributed by atoms with Gasteiger partial charge in [-0.25, -0.2) is 9.97 Å². The summed E-state index contributed by atoms with van der Waals surface area (Å²) in [6.45, 7) is 0.593. The molecular weight excluding hydrogens is 310 g/mol. The predicted octanol–water partition coefficient (Wildman–Crippen LogP) is 1.77. The Bertz CT molecular complexity index is 911. The number of rotatable bonds is 2. The molecule has 24 heavy (non-hydrogen) atoms. The number of furan rings is 1. The van der Waals surface area contributed by atoms with Crippen molar-refractivity contribution in [2.75, 3.05) is 6.54 Å². The van der Waals surface area contributed by atoms with Crippen LogP contribution in [0.15, 0.2) is 40.1 Å².